The minimum Gasteiger partial charge on any atom is -0.366 e. The predicted molar refractivity (Wildman–Crippen MR) is 59.1 cm³/mol. The average Bonchev–Trinajstić information content (AvgIpc) is 2.01. The van der Waals surface area contributed by atoms with E-state index in [1.807, 2.05) is 32.9 Å². The molecule has 2 N–H and O–H groups in total. The van der Waals surface area contributed by atoms with Crippen LogP contribution in [0.4, 0.5) is 0 Å². The highest BCUT2D eigenvalue weighted by atomic mass is 16.1. The molecule has 14 heavy (non-hydrogen) atoms. The summed E-state index contributed by atoms with van der Waals surface area (Å²) in [4.78, 5) is 11.1. The van der Waals surface area contributed by atoms with Gasteiger partial charge in [0, 0.05) is 5.56 Å². The molecule has 0 saturated carbocycles. The van der Waals surface area contributed by atoms with Crippen molar-refractivity contribution >= 4 is 11.5 Å². The Morgan fingerprint density at radius 1 is 1.29 bits per heavy atom. The fourth-order valence-electron chi connectivity index (χ4n) is 1.60. The summed E-state index contributed by atoms with van der Waals surface area (Å²) in [6.07, 6.45) is 0. The molecule has 0 aromatic heterocycles. The Bertz CT molecular complexity index is 382. The molecule has 0 aliphatic rings. The number of hydrogen-bond acceptors (Lipinski definition) is 1. The first-order chi connectivity index (χ1) is 6.43. The monoisotopic (exact) mass is 189 g/mol. The van der Waals surface area contributed by atoms with Crippen LogP contribution in [0.3, 0.4) is 0 Å². The Morgan fingerprint density at radius 2 is 1.71 bits per heavy atom. The minimum absolute atomic E-state index is 0.367. The van der Waals surface area contributed by atoms with Gasteiger partial charge in [-0.1, -0.05) is 24.3 Å². The van der Waals surface area contributed by atoms with E-state index in [9.17, 15) is 4.79 Å². The fraction of sp³-hybridized carbons (Fsp3) is 0.250. The summed E-state index contributed by atoms with van der Waals surface area (Å²) in [6, 6.07) is 3.88. The lowest BCUT2D eigenvalue weighted by Gasteiger charge is -2.09. The minimum atomic E-state index is -0.367. The van der Waals surface area contributed by atoms with Gasteiger partial charge >= 0.3 is 0 Å². The van der Waals surface area contributed by atoms with Crippen LogP contribution in [0.5, 0.6) is 0 Å². The lowest BCUT2D eigenvalue weighted by atomic mass is 9.96. The third kappa shape index (κ3) is 1.84. The van der Waals surface area contributed by atoms with Crippen LogP contribution < -0.4 is 5.73 Å². The molecule has 1 rings (SSSR count). The second kappa shape index (κ2) is 3.66. The van der Waals surface area contributed by atoms with Gasteiger partial charge in [-0.25, -0.2) is 0 Å². The van der Waals surface area contributed by atoms with Gasteiger partial charge in [-0.3, -0.25) is 4.79 Å². The molecule has 0 atom stereocenters. The number of hydrogen-bond donors (Lipinski definition) is 1. The number of allylic oxidation sites excluding steroid dienone is 1. The maximum Gasteiger partial charge on any atom is 0.249 e. The molecule has 0 radical (unpaired) electrons. The summed E-state index contributed by atoms with van der Waals surface area (Å²) in [6.45, 7) is 9.59. The van der Waals surface area contributed by atoms with E-state index >= 15 is 0 Å². The first-order valence-corrected chi connectivity index (χ1v) is 4.50. The number of aryl methyl sites for hydroxylation is 2. The third-order valence-corrected chi connectivity index (χ3v) is 2.27. The molecule has 0 fully saturated rings. The van der Waals surface area contributed by atoms with Crippen LogP contribution >= 0.6 is 0 Å². The van der Waals surface area contributed by atoms with E-state index in [4.69, 9.17) is 5.73 Å². The average molecular weight is 189 g/mol. The van der Waals surface area contributed by atoms with E-state index in [0.717, 1.165) is 22.3 Å². The Morgan fingerprint density at radius 3 is 2.00 bits per heavy atom. The number of nitrogens with two attached hydrogens (primary N) is 1. The Labute approximate surface area is 84.4 Å². The van der Waals surface area contributed by atoms with E-state index in [1.165, 1.54) is 0 Å². The number of carbonyl (C=O) groups is 1. The van der Waals surface area contributed by atoms with Gasteiger partial charge < -0.3 is 5.73 Å². The molecule has 2 heteroatoms. The van der Waals surface area contributed by atoms with Crippen molar-refractivity contribution in [3.05, 3.63) is 41.0 Å². The number of primary amides is 1. The van der Waals surface area contributed by atoms with Gasteiger partial charge in [-0.05, 0) is 37.5 Å². The van der Waals surface area contributed by atoms with Gasteiger partial charge in [0.1, 0.15) is 0 Å². The number of benzene rings is 1. The Kier molecular flexibility index (Phi) is 2.75. The first-order valence-electron chi connectivity index (χ1n) is 4.50. The highest BCUT2D eigenvalue weighted by Gasteiger charge is 2.09. The van der Waals surface area contributed by atoms with Gasteiger partial charge in [0.05, 0.1) is 0 Å². The first kappa shape index (κ1) is 10.5. The summed E-state index contributed by atoms with van der Waals surface area (Å²) in [5, 5.41) is 0. The second-order valence-electron chi connectivity index (χ2n) is 3.63. The quantitative estimate of drug-likeness (QED) is 0.762. The third-order valence-electron chi connectivity index (χ3n) is 2.27. The lowest BCUT2D eigenvalue weighted by Crippen LogP contribution is -2.14. The van der Waals surface area contributed by atoms with Crippen LogP contribution in [0, 0.1) is 13.8 Å². The summed E-state index contributed by atoms with van der Waals surface area (Å²) >= 11 is 0. The van der Waals surface area contributed by atoms with E-state index in [-0.39, 0.29) is 5.91 Å². The van der Waals surface area contributed by atoms with Crippen molar-refractivity contribution in [2.45, 2.75) is 20.8 Å². The Balaban J connectivity index is 3.39. The summed E-state index contributed by atoms with van der Waals surface area (Å²) in [5.74, 6) is -0.367. The molecule has 0 unspecified atom stereocenters. The molecule has 0 spiro atoms. The fourth-order valence-corrected chi connectivity index (χ4v) is 1.60. The van der Waals surface area contributed by atoms with Crippen molar-refractivity contribution < 1.29 is 4.79 Å². The Hall–Kier alpha value is -1.57. The number of amides is 1. The van der Waals surface area contributed by atoms with Crippen molar-refractivity contribution in [2.24, 2.45) is 5.73 Å². The van der Waals surface area contributed by atoms with Crippen LogP contribution in [0.15, 0.2) is 18.7 Å². The molecule has 0 saturated heterocycles. The van der Waals surface area contributed by atoms with Crippen molar-refractivity contribution in [2.75, 3.05) is 0 Å². The predicted octanol–water partition coefficient (Wildman–Crippen LogP) is 2.44. The molecule has 0 bridgehead atoms. The molecule has 1 aromatic rings. The van der Waals surface area contributed by atoms with Crippen molar-refractivity contribution in [3.8, 4) is 0 Å². The van der Waals surface area contributed by atoms with E-state index in [0.29, 0.717) is 5.56 Å². The van der Waals surface area contributed by atoms with E-state index < -0.39 is 0 Å². The molecular formula is C12H15NO. The number of carbonyl (C=O) groups excluding carboxylic acids is 1. The molecule has 0 aliphatic carbocycles. The van der Waals surface area contributed by atoms with Crippen LogP contribution in [-0.4, -0.2) is 5.91 Å². The maximum absolute atomic E-state index is 11.1. The molecule has 0 aliphatic heterocycles. The molecular weight excluding hydrogens is 174 g/mol. The number of rotatable bonds is 2. The highest BCUT2D eigenvalue weighted by molar-refractivity contribution is 5.96. The smallest absolute Gasteiger partial charge is 0.249 e. The van der Waals surface area contributed by atoms with Crippen molar-refractivity contribution in [3.63, 3.8) is 0 Å². The van der Waals surface area contributed by atoms with Gasteiger partial charge in [0.2, 0.25) is 5.91 Å². The van der Waals surface area contributed by atoms with Crippen LogP contribution in [0.25, 0.3) is 5.57 Å². The normalized spacial score (nSPS) is 9.93. The topological polar surface area (TPSA) is 43.1 Å². The van der Waals surface area contributed by atoms with Gasteiger partial charge in [-0.2, -0.15) is 0 Å². The summed E-state index contributed by atoms with van der Waals surface area (Å²) in [7, 11) is 0. The largest absolute Gasteiger partial charge is 0.366 e. The molecule has 0 heterocycles. The van der Waals surface area contributed by atoms with Crippen LogP contribution in [0.2, 0.25) is 0 Å². The molecule has 1 aromatic carbocycles. The van der Waals surface area contributed by atoms with Crippen molar-refractivity contribution in [1.82, 2.24) is 0 Å². The van der Waals surface area contributed by atoms with Gasteiger partial charge in [0.15, 0.2) is 0 Å². The standard InChI is InChI=1S/C12H15NO/c1-7(2)10-5-8(3)11(12(13)14)9(4)6-10/h5-6H,1H2,2-4H3,(H2,13,14). The highest BCUT2D eigenvalue weighted by Crippen LogP contribution is 2.20. The zero-order chi connectivity index (χ0) is 10.9. The molecule has 74 valence electrons. The summed E-state index contributed by atoms with van der Waals surface area (Å²) < 4.78 is 0. The zero-order valence-corrected chi connectivity index (χ0v) is 8.85. The van der Waals surface area contributed by atoms with Crippen molar-refractivity contribution in [1.29, 1.82) is 0 Å². The van der Waals surface area contributed by atoms with Crippen LogP contribution in [0.1, 0.15) is 34.0 Å². The zero-order valence-electron chi connectivity index (χ0n) is 8.85. The lowest BCUT2D eigenvalue weighted by molar-refractivity contribution is 0.0999. The summed E-state index contributed by atoms with van der Waals surface area (Å²) in [5.41, 5.74) is 9.78. The maximum atomic E-state index is 11.1. The van der Waals surface area contributed by atoms with Crippen LogP contribution in [-0.2, 0) is 0 Å². The van der Waals surface area contributed by atoms with E-state index in [2.05, 4.69) is 6.58 Å². The second-order valence-corrected chi connectivity index (χ2v) is 3.63. The SMILES string of the molecule is C=C(C)c1cc(C)c(C(N)=O)c(C)c1. The van der Waals surface area contributed by atoms with Gasteiger partial charge in [0.25, 0.3) is 0 Å². The van der Waals surface area contributed by atoms with Gasteiger partial charge in [-0.15, -0.1) is 0 Å². The molecule has 2 nitrogen and oxygen atoms in total. The molecule has 1 amide bonds. The van der Waals surface area contributed by atoms with E-state index in [1.54, 1.807) is 0 Å².